The van der Waals surface area contributed by atoms with Crippen LogP contribution in [0.2, 0.25) is 0 Å². The van der Waals surface area contributed by atoms with Gasteiger partial charge in [0.15, 0.2) is 0 Å². The minimum absolute atomic E-state index is 0.427. The van der Waals surface area contributed by atoms with Crippen molar-refractivity contribution < 1.29 is 0 Å². The van der Waals surface area contributed by atoms with Crippen LogP contribution in [0.15, 0.2) is 30.6 Å². The van der Waals surface area contributed by atoms with E-state index in [0.29, 0.717) is 12.6 Å². The van der Waals surface area contributed by atoms with Crippen molar-refractivity contribution in [3.05, 3.63) is 30.6 Å². The minimum Gasteiger partial charge on any atom is -0.354 e. The van der Waals surface area contributed by atoms with E-state index in [1.54, 1.807) is 0 Å². The van der Waals surface area contributed by atoms with Gasteiger partial charge in [0, 0.05) is 31.5 Å². The Morgan fingerprint density at radius 3 is 2.94 bits per heavy atom. The molecule has 2 aromatic rings. The summed E-state index contributed by atoms with van der Waals surface area (Å²) in [5, 5.41) is 0. The highest BCUT2D eigenvalue weighted by atomic mass is 15.2. The largest absolute Gasteiger partial charge is 0.354 e. The highest BCUT2D eigenvalue weighted by Gasteiger charge is 2.12. The summed E-state index contributed by atoms with van der Waals surface area (Å²) in [6.45, 7) is 5.86. The van der Waals surface area contributed by atoms with Gasteiger partial charge in [-0.15, -0.1) is 0 Å². The van der Waals surface area contributed by atoms with Gasteiger partial charge in [0.25, 0.3) is 0 Å². The predicted molar refractivity (Wildman–Crippen MR) is 66.7 cm³/mol. The van der Waals surface area contributed by atoms with Crippen LogP contribution in [-0.2, 0) is 0 Å². The van der Waals surface area contributed by atoms with Crippen LogP contribution >= 0.6 is 0 Å². The van der Waals surface area contributed by atoms with E-state index in [1.807, 2.05) is 24.5 Å². The van der Waals surface area contributed by atoms with Gasteiger partial charge in [0.1, 0.15) is 11.5 Å². The van der Waals surface area contributed by atoms with Crippen LogP contribution in [0, 0.1) is 0 Å². The smallest absolute Gasteiger partial charge is 0.138 e. The van der Waals surface area contributed by atoms with Crippen molar-refractivity contribution in [3.63, 3.8) is 0 Å². The first-order valence-electron chi connectivity index (χ1n) is 5.63. The lowest BCUT2D eigenvalue weighted by Crippen LogP contribution is -2.36. The monoisotopic (exact) mass is 218 g/mol. The van der Waals surface area contributed by atoms with Gasteiger partial charge in [-0.25, -0.2) is 4.98 Å². The molecule has 0 unspecified atom stereocenters. The molecule has 2 heterocycles. The number of fused-ring (bicyclic) bond motifs is 1. The summed E-state index contributed by atoms with van der Waals surface area (Å²) in [7, 11) is 0. The third-order valence-corrected chi connectivity index (χ3v) is 2.69. The lowest BCUT2D eigenvalue weighted by atomic mass is 10.3. The quantitative estimate of drug-likeness (QED) is 0.846. The molecule has 0 spiro atoms. The molecule has 0 aromatic carbocycles. The molecule has 86 valence electrons. The van der Waals surface area contributed by atoms with Crippen LogP contribution < -0.4 is 10.6 Å². The van der Waals surface area contributed by atoms with Crippen LogP contribution in [0.3, 0.4) is 0 Å². The number of hydrogen-bond donors (Lipinski definition) is 1. The van der Waals surface area contributed by atoms with Gasteiger partial charge in [-0.1, -0.05) is 6.07 Å². The average Bonchev–Trinajstić information content (AvgIpc) is 2.73. The van der Waals surface area contributed by atoms with E-state index in [2.05, 4.69) is 34.2 Å². The van der Waals surface area contributed by atoms with Crippen molar-refractivity contribution in [3.8, 4) is 0 Å². The molecule has 0 aliphatic carbocycles. The normalized spacial score (nSPS) is 11.2. The molecule has 4 heteroatoms. The predicted octanol–water partition coefficient (Wildman–Crippen LogP) is 1.51. The summed E-state index contributed by atoms with van der Waals surface area (Å²) in [6, 6.07) is 6.56. The average molecular weight is 218 g/mol. The third kappa shape index (κ3) is 1.88. The number of imidazole rings is 1. The molecule has 2 rings (SSSR count). The second-order valence-electron chi connectivity index (χ2n) is 4.12. The maximum absolute atomic E-state index is 5.66. The van der Waals surface area contributed by atoms with E-state index in [9.17, 15) is 0 Å². The number of pyridine rings is 1. The van der Waals surface area contributed by atoms with Crippen LogP contribution in [0.5, 0.6) is 0 Å². The van der Waals surface area contributed by atoms with Gasteiger partial charge in [-0.3, -0.25) is 4.40 Å². The first-order valence-corrected chi connectivity index (χ1v) is 5.63. The fourth-order valence-electron chi connectivity index (χ4n) is 1.94. The summed E-state index contributed by atoms with van der Waals surface area (Å²) in [5.41, 5.74) is 6.63. The molecule has 0 aliphatic heterocycles. The maximum atomic E-state index is 5.66. The Morgan fingerprint density at radius 1 is 1.44 bits per heavy atom. The highest BCUT2D eigenvalue weighted by Crippen LogP contribution is 2.18. The van der Waals surface area contributed by atoms with Crippen LogP contribution in [0.1, 0.15) is 13.8 Å². The zero-order chi connectivity index (χ0) is 11.5. The van der Waals surface area contributed by atoms with Gasteiger partial charge >= 0.3 is 0 Å². The molecule has 0 amide bonds. The maximum Gasteiger partial charge on any atom is 0.138 e. The second-order valence-corrected chi connectivity index (χ2v) is 4.12. The Balaban J connectivity index is 2.47. The van der Waals surface area contributed by atoms with Gasteiger partial charge < -0.3 is 10.6 Å². The van der Waals surface area contributed by atoms with Gasteiger partial charge in [0.2, 0.25) is 0 Å². The summed E-state index contributed by atoms with van der Waals surface area (Å²) in [4.78, 5) is 6.57. The molecule has 0 fully saturated rings. The van der Waals surface area contributed by atoms with Crippen molar-refractivity contribution in [2.75, 3.05) is 18.0 Å². The molecular weight excluding hydrogens is 200 g/mol. The summed E-state index contributed by atoms with van der Waals surface area (Å²) >= 11 is 0. The van der Waals surface area contributed by atoms with Crippen molar-refractivity contribution in [1.29, 1.82) is 0 Å². The van der Waals surface area contributed by atoms with E-state index in [1.165, 1.54) is 0 Å². The molecular formula is C12H18N4. The lowest BCUT2D eigenvalue weighted by molar-refractivity contribution is 0.670. The van der Waals surface area contributed by atoms with E-state index < -0.39 is 0 Å². The molecule has 0 saturated carbocycles. The number of anilines is 1. The number of nitrogens with two attached hydrogens (primary N) is 1. The zero-order valence-corrected chi connectivity index (χ0v) is 9.80. The molecule has 0 bridgehead atoms. The SMILES string of the molecule is CC(C)N(CCN)c1cccc2nccn12. The van der Waals surface area contributed by atoms with Crippen molar-refractivity contribution in [2.45, 2.75) is 19.9 Å². The Hall–Kier alpha value is -1.55. The molecule has 4 nitrogen and oxygen atoms in total. The Kier molecular flexibility index (Phi) is 3.10. The lowest BCUT2D eigenvalue weighted by Gasteiger charge is -2.29. The van der Waals surface area contributed by atoms with E-state index in [0.717, 1.165) is 18.0 Å². The molecule has 0 radical (unpaired) electrons. The van der Waals surface area contributed by atoms with Crippen LogP contribution in [0.4, 0.5) is 5.82 Å². The van der Waals surface area contributed by atoms with Crippen molar-refractivity contribution >= 4 is 11.5 Å². The number of rotatable bonds is 4. The van der Waals surface area contributed by atoms with Crippen molar-refractivity contribution in [1.82, 2.24) is 9.38 Å². The van der Waals surface area contributed by atoms with Crippen molar-refractivity contribution in [2.24, 2.45) is 5.73 Å². The van der Waals surface area contributed by atoms with Gasteiger partial charge in [0.05, 0.1) is 0 Å². The molecule has 16 heavy (non-hydrogen) atoms. The topological polar surface area (TPSA) is 46.6 Å². The fourth-order valence-corrected chi connectivity index (χ4v) is 1.94. The summed E-state index contributed by atoms with van der Waals surface area (Å²) < 4.78 is 2.09. The fraction of sp³-hybridized carbons (Fsp3) is 0.417. The molecule has 2 aromatic heterocycles. The number of nitrogens with zero attached hydrogens (tertiary/aromatic N) is 3. The minimum atomic E-state index is 0.427. The standard InChI is InChI=1S/C12H18N4/c1-10(2)15(8-6-13)12-5-3-4-11-14-7-9-16(11)12/h3-5,7,9-10H,6,8,13H2,1-2H3. The third-order valence-electron chi connectivity index (χ3n) is 2.69. The van der Waals surface area contributed by atoms with E-state index >= 15 is 0 Å². The van der Waals surface area contributed by atoms with E-state index in [-0.39, 0.29) is 0 Å². The highest BCUT2D eigenvalue weighted by molar-refractivity contribution is 5.51. The van der Waals surface area contributed by atoms with Gasteiger partial charge in [-0.2, -0.15) is 0 Å². The first kappa shape index (κ1) is 11.0. The molecule has 2 N–H and O–H groups in total. The van der Waals surface area contributed by atoms with Crippen LogP contribution in [-0.4, -0.2) is 28.5 Å². The Bertz CT molecular complexity index is 461. The molecule has 0 saturated heterocycles. The first-order chi connectivity index (χ1) is 7.74. The summed E-state index contributed by atoms with van der Waals surface area (Å²) in [6.07, 6.45) is 3.80. The molecule has 0 atom stereocenters. The zero-order valence-electron chi connectivity index (χ0n) is 9.80. The summed E-state index contributed by atoms with van der Waals surface area (Å²) in [5.74, 6) is 1.15. The number of aromatic nitrogens is 2. The Morgan fingerprint density at radius 2 is 2.25 bits per heavy atom. The Labute approximate surface area is 95.7 Å². The number of hydrogen-bond acceptors (Lipinski definition) is 3. The molecule has 0 aliphatic rings. The van der Waals surface area contributed by atoms with E-state index in [4.69, 9.17) is 5.73 Å². The second kappa shape index (κ2) is 4.53. The van der Waals surface area contributed by atoms with Crippen LogP contribution in [0.25, 0.3) is 5.65 Å². The van der Waals surface area contributed by atoms with Gasteiger partial charge in [-0.05, 0) is 26.0 Å².